The molecule has 2 aromatic heterocycles. The van der Waals surface area contributed by atoms with Gasteiger partial charge in [-0.3, -0.25) is 24.2 Å². The molecule has 13 heteroatoms. The lowest BCUT2D eigenvalue weighted by molar-refractivity contribution is -0.137. The maximum absolute atomic E-state index is 12.7. The standard InChI is InChI=1S/C25H28N8O5/c1-2-3-4-5-12-27-23(37)18(10-11-19(34)35)31-22(36)15-6-8-16(9-7-15)28-13-17-14-29-21-20(30-17)24(38)33-25(26)32-21/h1,6-9,14,18,28H,3-5,10-13H2,(H,27,37)(H,31,36)(H,34,35)(H3,26,29,32,33,38)/t18-/m0/s1. The van der Waals surface area contributed by atoms with Gasteiger partial charge in [-0.1, -0.05) is 0 Å². The quantitative estimate of drug-likeness (QED) is 0.138. The first-order valence-electron chi connectivity index (χ1n) is 11.9. The van der Waals surface area contributed by atoms with Crippen molar-refractivity contribution in [2.75, 3.05) is 17.6 Å². The van der Waals surface area contributed by atoms with Gasteiger partial charge in [-0.05, 0) is 43.5 Å². The lowest BCUT2D eigenvalue weighted by Gasteiger charge is -2.18. The number of nitrogen functional groups attached to an aromatic ring is 1. The minimum absolute atomic E-state index is 0.0447. The predicted molar refractivity (Wildman–Crippen MR) is 140 cm³/mol. The number of aliphatic carboxylic acids is 1. The number of aromatic amines is 1. The molecule has 3 aromatic rings. The van der Waals surface area contributed by atoms with Crippen LogP contribution in [-0.2, 0) is 16.1 Å². The second-order valence-electron chi connectivity index (χ2n) is 8.33. The van der Waals surface area contributed by atoms with Crippen LogP contribution in [0.1, 0.15) is 48.2 Å². The van der Waals surface area contributed by atoms with E-state index >= 15 is 0 Å². The van der Waals surface area contributed by atoms with E-state index in [9.17, 15) is 19.2 Å². The van der Waals surface area contributed by atoms with Gasteiger partial charge < -0.3 is 26.8 Å². The fourth-order valence-electron chi connectivity index (χ4n) is 3.45. The fourth-order valence-corrected chi connectivity index (χ4v) is 3.45. The first-order chi connectivity index (χ1) is 18.3. The lowest BCUT2D eigenvalue weighted by Crippen LogP contribution is -2.47. The second-order valence-corrected chi connectivity index (χ2v) is 8.33. The van der Waals surface area contributed by atoms with E-state index in [1.165, 1.54) is 6.20 Å². The molecule has 0 aliphatic heterocycles. The van der Waals surface area contributed by atoms with Crippen LogP contribution in [0.25, 0.3) is 11.2 Å². The molecule has 0 saturated carbocycles. The Bertz CT molecular complexity index is 1400. The molecule has 7 N–H and O–H groups in total. The number of anilines is 2. The lowest BCUT2D eigenvalue weighted by atomic mass is 10.1. The number of benzene rings is 1. The molecule has 38 heavy (non-hydrogen) atoms. The second kappa shape index (κ2) is 13.4. The molecule has 0 aliphatic carbocycles. The number of nitrogens with zero attached hydrogens (tertiary/aromatic N) is 3. The largest absolute Gasteiger partial charge is 0.481 e. The van der Waals surface area contributed by atoms with E-state index in [1.807, 2.05) is 0 Å². The van der Waals surface area contributed by atoms with Crippen LogP contribution < -0.4 is 27.2 Å². The predicted octanol–water partition coefficient (Wildman–Crippen LogP) is 0.790. The summed E-state index contributed by atoms with van der Waals surface area (Å²) in [5, 5.41) is 17.4. The van der Waals surface area contributed by atoms with E-state index in [2.05, 4.69) is 41.8 Å². The van der Waals surface area contributed by atoms with Crippen LogP contribution in [-0.4, -0.2) is 55.4 Å². The molecule has 0 unspecified atom stereocenters. The van der Waals surface area contributed by atoms with Crippen molar-refractivity contribution in [2.24, 2.45) is 0 Å². The minimum atomic E-state index is -1.07. The van der Waals surface area contributed by atoms with Crippen LogP contribution >= 0.6 is 0 Å². The number of hydrogen-bond donors (Lipinski definition) is 6. The molecular weight excluding hydrogens is 492 g/mol. The first kappa shape index (κ1) is 27.6. The highest BCUT2D eigenvalue weighted by Crippen LogP contribution is 2.12. The van der Waals surface area contributed by atoms with E-state index in [4.69, 9.17) is 17.3 Å². The Labute approximate surface area is 217 Å². The maximum Gasteiger partial charge on any atom is 0.303 e. The van der Waals surface area contributed by atoms with Crippen LogP contribution in [0.4, 0.5) is 11.6 Å². The van der Waals surface area contributed by atoms with E-state index in [0.29, 0.717) is 36.3 Å². The van der Waals surface area contributed by atoms with Crippen LogP contribution in [0.15, 0.2) is 35.3 Å². The van der Waals surface area contributed by atoms with Crippen molar-refractivity contribution in [1.29, 1.82) is 0 Å². The topological polar surface area (TPSA) is 205 Å². The Hall–Kier alpha value is -4.99. The molecule has 1 aromatic carbocycles. The maximum atomic E-state index is 12.7. The van der Waals surface area contributed by atoms with Crippen molar-refractivity contribution in [3.63, 3.8) is 0 Å². The first-order valence-corrected chi connectivity index (χ1v) is 11.9. The summed E-state index contributed by atoms with van der Waals surface area (Å²) in [6.07, 6.45) is 8.39. The number of H-pyrrole nitrogens is 1. The molecule has 2 heterocycles. The number of carboxylic acids is 1. The molecule has 0 aliphatic rings. The van der Waals surface area contributed by atoms with Gasteiger partial charge in [0.1, 0.15) is 6.04 Å². The number of rotatable bonds is 13. The molecule has 0 saturated heterocycles. The Morgan fingerprint density at radius 3 is 2.63 bits per heavy atom. The van der Waals surface area contributed by atoms with E-state index in [-0.39, 0.29) is 36.5 Å². The van der Waals surface area contributed by atoms with Gasteiger partial charge in [-0.15, -0.1) is 12.3 Å². The summed E-state index contributed by atoms with van der Waals surface area (Å²) in [5.74, 6) is 0.445. The Morgan fingerprint density at radius 2 is 1.92 bits per heavy atom. The normalized spacial score (nSPS) is 11.3. The number of amides is 2. The number of terminal acetylenes is 1. The number of nitrogens with one attached hydrogen (secondary N) is 4. The van der Waals surface area contributed by atoms with Crippen LogP contribution in [0.2, 0.25) is 0 Å². The number of unbranched alkanes of at least 4 members (excludes halogenated alkanes) is 2. The summed E-state index contributed by atoms with van der Waals surface area (Å²) in [7, 11) is 0. The zero-order valence-electron chi connectivity index (χ0n) is 20.5. The summed E-state index contributed by atoms with van der Waals surface area (Å²) in [6, 6.07) is 5.45. The molecule has 0 fully saturated rings. The molecular formula is C25H28N8O5. The van der Waals surface area contributed by atoms with Gasteiger partial charge in [0.05, 0.1) is 18.4 Å². The number of carboxylic acid groups (broad SMARTS) is 1. The third-order valence-corrected chi connectivity index (χ3v) is 5.42. The Kier molecular flexibility index (Phi) is 9.70. The molecule has 0 spiro atoms. The average molecular weight is 521 g/mol. The van der Waals surface area contributed by atoms with Gasteiger partial charge in [-0.2, -0.15) is 4.98 Å². The zero-order valence-corrected chi connectivity index (χ0v) is 20.5. The van der Waals surface area contributed by atoms with Crippen molar-refractivity contribution in [3.05, 3.63) is 52.1 Å². The number of aromatic nitrogens is 4. The van der Waals surface area contributed by atoms with Crippen LogP contribution in [0, 0.1) is 12.3 Å². The number of fused-ring (bicyclic) bond motifs is 1. The van der Waals surface area contributed by atoms with Gasteiger partial charge >= 0.3 is 5.97 Å². The average Bonchev–Trinajstić information content (AvgIpc) is 2.89. The van der Waals surface area contributed by atoms with Gasteiger partial charge in [0.15, 0.2) is 11.2 Å². The van der Waals surface area contributed by atoms with Crippen molar-refractivity contribution in [1.82, 2.24) is 30.6 Å². The SMILES string of the molecule is C#CCCCCNC(=O)[C@H](CCC(=O)O)NC(=O)c1ccc(NCc2cnc3nc(N)[nH]c(=O)c3n2)cc1. The van der Waals surface area contributed by atoms with Gasteiger partial charge in [0.25, 0.3) is 11.5 Å². The van der Waals surface area contributed by atoms with Crippen molar-refractivity contribution in [2.45, 2.75) is 44.7 Å². The fraction of sp³-hybridized carbons (Fsp3) is 0.320. The Balaban J connectivity index is 1.58. The molecule has 0 bridgehead atoms. The molecule has 13 nitrogen and oxygen atoms in total. The van der Waals surface area contributed by atoms with Gasteiger partial charge in [-0.25, -0.2) is 9.97 Å². The monoisotopic (exact) mass is 520 g/mol. The van der Waals surface area contributed by atoms with E-state index < -0.39 is 29.4 Å². The van der Waals surface area contributed by atoms with E-state index in [1.54, 1.807) is 24.3 Å². The Morgan fingerprint density at radius 1 is 1.16 bits per heavy atom. The minimum Gasteiger partial charge on any atom is -0.481 e. The van der Waals surface area contributed by atoms with Crippen LogP contribution in [0.5, 0.6) is 0 Å². The molecule has 3 rings (SSSR count). The number of hydrogen-bond acceptors (Lipinski definition) is 9. The molecule has 1 atom stereocenters. The van der Waals surface area contributed by atoms with Gasteiger partial charge in [0.2, 0.25) is 11.9 Å². The number of nitrogens with two attached hydrogens (primary N) is 1. The summed E-state index contributed by atoms with van der Waals surface area (Å²) in [5.41, 5.74) is 6.68. The molecule has 0 radical (unpaired) electrons. The number of carbonyl (C=O) groups excluding carboxylic acids is 2. The van der Waals surface area contributed by atoms with Crippen molar-refractivity contribution in [3.8, 4) is 12.3 Å². The van der Waals surface area contributed by atoms with Gasteiger partial charge in [0, 0.05) is 30.6 Å². The van der Waals surface area contributed by atoms with E-state index in [0.717, 1.165) is 6.42 Å². The molecule has 198 valence electrons. The summed E-state index contributed by atoms with van der Waals surface area (Å²) in [4.78, 5) is 63.0. The highest BCUT2D eigenvalue weighted by atomic mass is 16.4. The summed E-state index contributed by atoms with van der Waals surface area (Å²) < 4.78 is 0. The van der Waals surface area contributed by atoms with Crippen LogP contribution in [0.3, 0.4) is 0 Å². The smallest absolute Gasteiger partial charge is 0.303 e. The highest BCUT2D eigenvalue weighted by Gasteiger charge is 2.22. The summed E-state index contributed by atoms with van der Waals surface area (Å²) in [6.45, 7) is 0.623. The third kappa shape index (κ3) is 8.02. The zero-order chi connectivity index (χ0) is 27.5. The number of carbonyl (C=O) groups is 3. The summed E-state index contributed by atoms with van der Waals surface area (Å²) >= 11 is 0. The highest BCUT2D eigenvalue weighted by molar-refractivity contribution is 5.97. The van der Waals surface area contributed by atoms with Crippen molar-refractivity contribution >= 4 is 40.6 Å². The third-order valence-electron chi connectivity index (χ3n) is 5.42. The molecule has 2 amide bonds. The van der Waals surface area contributed by atoms with Crippen molar-refractivity contribution < 1.29 is 19.5 Å².